The van der Waals surface area contributed by atoms with Gasteiger partial charge in [0, 0.05) is 6.54 Å². The molecular weight excluding hydrogens is 470 g/mol. The maximum Gasteiger partial charge on any atom is 0.332 e. The Balaban J connectivity index is 1.92. The first kappa shape index (κ1) is 28.4. The molecule has 2 aromatic carbocycles. The van der Waals surface area contributed by atoms with Crippen molar-refractivity contribution in [2.24, 2.45) is 0 Å². The van der Waals surface area contributed by atoms with Crippen molar-refractivity contribution in [3.05, 3.63) is 71.3 Å². The van der Waals surface area contributed by atoms with Crippen LogP contribution in [0.2, 0.25) is 0 Å². The number of nitrogens with zero attached hydrogens (tertiary/aromatic N) is 1. The van der Waals surface area contributed by atoms with E-state index < -0.39 is 34.6 Å². The molecule has 3 rings (SSSR count). The topological polar surface area (TPSA) is 82.1 Å². The van der Waals surface area contributed by atoms with Gasteiger partial charge in [-0.3, -0.25) is 9.59 Å². The van der Waals surface area contributed by atoms with Crippen LogP contribution >= 0.6 is 0 Å². The summed E-state index contributed by atoms with van der Waals surface area (Å²) in [6.07, 6.45) is -0.0864. The number of amides is 1. The van der Waals surface area contributed by atoms with E-state index in [-0.39, 0.29) is 25.5 Å². The molecule has 1 heterocycles. The second-order valence-electron chi connectivity index (χ2n) is 11.7. The largest absolute Gasteiger partial charge is 0.460 e. The molecule has 0 unspecified atom stereocenters. The minimum atomic E-state index is -1.12. The maximum absolute atomic E-state index is 14.2. The lowest BCUT2D eigenvalue weighted by Crippen LogP contribution is -2.52. The Morgan fingerprint density at radius 1 is 0.892 bits per heavy atom. The van der Waals surface area contributed by atoms with Crippen LogP contribution in [-0.2, 0) is 40.6 Å². The molecule has 1 aliphatic rings. The van der Waals surface area contributed by atoms with E-state index in [2.05, 4.69) is 0 Å². The fraction of sp³-hybridized carbons (Fsp3) is 0.500. The molecule has 0 bridgehead atoms. The van der Waals surface area contributed by atoms with Crippen molar-refractivity contribution in [2.75, 3.05) is 13.2 Å². The highest BCUT2D eigenvalue weighted by Gasteiger charge is 2.47. The molecular formula is C30H39NO6. The van der Waals surface area contributed by atoms with Gasteiger partial charge in [0.15, 0.2) is 0 Å². The Labute approximate surface area is 220 Å². The van der Waals surface area contributed by atoms with Gasteiger partial charge in [0.1, 0.15) is 17.8 Å². The van der Waals surface area contributed by atoms with Crippen molar-refractivity contribution in [1.29, 1.82) is 0 Å². The van der Waals surface area contributed by atoms with Gasteiger partial charge in [-0.2, -0.15) is 0 Å². The van der Waals surface area contributed by atoms with Crippen LogP contribution in [0.3, 0.4) is 0 Å². The molecule has 0 saturated heterocycles. The normalized spacial score (nSPS) is 18.7. The smallest absolute Gasteiger partial charge is 0.332 e. The van der Waals surface area contributed by atoms with Crippen LogP contribution in [0, 0.1) is 0 Å². The van der Waals surface area contributed by atoms with E-state index in [0.29, 0.717) is 6.54 Å². The van der Waals surface area contributed by atoms with Gasteiger partial charge in [0.25, 0.3) is 0 Å². The third-order valence-corrected chi connectivity index (χ3v) is 6.08. The van der Waals surface area contributed by atoms with E-state index in [1.165, 1.54) is 0 Å². The Morgan fingerprint density at radius 3 is 2.08 bits per heavy atom. The second kappa shape index (κ2) is 11.1. The predicted molar refractivity (Wildman–Crippen MR) is 141 cm³/mol. The van der Waals surface area contributed by atoms with Crippen LogP contribution in [0.1, 0.15) is 77.6 Å². The monoisotopic (exact) mass is 509 g/mol. The van der Waals surface area contributed by atoms with Crippen LogP contribution in [0.5, 0.6) is 0 Å². The molecule has 0 N–H and O–H groups in total. The summed E-state index contributed by atoms with van der Waals surface area (Å²) in [5, 5.41) is 0. The van der Waals surface area contributed by atoms with Gasteiger partial charge >= 0.3 is 11.9 Å². The van der Waals surface area contributed by atoms with E-state index >= 15 is 0 Å². The third-order valence-electron chi connectivity index (χ3n) is 6.08. The summed E-state index contributed by atoms with van der Waals surface area (Å²) >= 11 is 0. The van der Waals surface area contributed by atoms with Crippen molar-refractivity contribution in [3.8, 4) is 0 Å². The molecule has 1 amide bonds. The van der Waals surface area contributed by atoms with Crippen molar-refractivity contribution >= 4 is 17.8 Å². The van der Waals surface area contributed by atoms with Crippen molar-refractivity contribution in [1.82, 2.24) is 4.90 Å². The molecule has 200 valence electrons. The van der Waals surface area contributed by atoms with E-state index in [0.717, 1.165) is 16.7 Å². The lowest BCUT2D eigenvalue weighted by molar-refractivity contribution is -0.163. The molecule has 0 aromatic heterocycles. The molecule has 7 heteroatoms. The first-order valence-electron chi connectivity index (χ1n) is 12.7. The van der Waals surface area contributed by atoms with E-state index in [1.807, 2.05) is 75.4 Å². The Bertz CT molecular complexity index is 1110. The van der Waals surface area contributed by atoms with Crippen LogP contribution < -0.4 is 0 Å². The van der Waals surface area contributed by atoms with E-state index in [1.54, 1.807) is 32.6 Å². The van der Waals surface area contributed by atoms with Crippen LogP contribution in [0.15, 0.2) is 54.6 Å². The number of esters is 2. The van der Waals surface area contributed by atoms with Gasteiger partial charge in [-0.15, -0.1) is 0 Å². The first-order valence-corrected chi connectivity index (χ1v) is 12.7. The fourth-order valence-electron chi connectivity index (χ4n) is 4.64. The molecule has 0 aliphatic carbocycles. The van der Waals surface area contributed by atoms with E-state index in [9.17, 15) is 14.4 Å². The van der Waals surface area contributed by atoms with Gasteiger partial charge < -0.3 is 19.1 Å². The maximum atomic E-state index is 14.2. The van der Waals surface area contributed by atoms with Crippen molar-refractivity contribution in [2.45, 2.75) is 84.1 Å². The summed E-state index contributed by atoms with van der Waals surface area (Å²) in [6, 6.07) is 16.8. The number of hydrogen-bond donors (Lipinski definition) is 0. The van der Waals surface area contributed by atoms with Crippen molar-refractivity contribution in [3.63, 3.8) is 0 Å². The number of rotatable bonds is 8. The quantitative estimate of drug-likeness (QED) is 0.460. The number of fused-ring (bicyclic) bond motifs is 1. The van der Waals surface area contributed by atoms with Gasteiger partial charge in [0.2, 0.25) is 5.91 Å². The number of hydrogen-bond acceptors (Lipinski definition) is 6. The summed E-state index contributed by atoms with van der Waals surface area (Å²) < 4.78 is 16.8. The summed E-state index contributed by atoms with van der Waals surface area (Å²) in [6.45, 7) is 12.8. The summed E-state index contributed by atoms with van der Waals surface area (Å²) in [5.74, 6) is -1.09. The molecule has 1 aliphatic heterocycles. The zero-order chi connectivity index (χ0) is 27.4. The average Bonchev–Trinajstić information content (AvgIpc) is 2.78. The zero-order valence-corrected chi connectivity index (χ0v) is 23.0. The highest BCUT2D eigenvalue weighted by Crippen LogP contribution is 2.41. The Hall–Kier alpha value is -3.19. The van der Waals surface area contributed by atoms with Gasteiger partial charge in [0.05, 0.1) is 24.5 Å². The molecule has 2 atom stereocenters. The summed E-state index contributed by atoms with van der Waals surface area (Å²) in [7, 11) is 0. The van der Waals surface area contributed by atoms with Gasteiger partial charge in [-0.1, -0.05) is 54.6 Å². The summed E-state index contributed by atoms with van der Waals surface area (Å²) in [4.78, 5) is 41.1. The molecule has 37 heavy (non-hydrogen) atoms. The zero-order valence-electron chi connectivity index (χ0n) is 23.0. The van der Waals surface area contributed by atoms with Crippen LogP contribution in [0.25, 0.3) is 0 Å². The molecule has 0 fully saturated rings. The minimum absolute atomic E-state index is 0.0864. The molecule has 0 radical (unpaired) electrons. The number of benzene rings is 2. The highest BCUT2D eigenvalue weighted by atomic mass is 16.6. The number of carbonyl (C=O) groups excluding carboxylic acids is 3. The fourth-order valence-corrected chi connectivity index (χ4v) is 4.64. The molecule has 0 spiro atoms. The second-order valence-corrected chi connectivity index (χ2v) is 11.7. The third kappa shape index (κ3) is 7.41. The SMILES string of the molecule is CC(C)(C)OC(=O)COC[C@@H](c1ccccc1)N1Cc2ccccc2[C@@](C)(CC(=O)OC(C)(C)C)C1=O. The lowest BCUT2D eigenvalue weighted by Gasteiger charge is -2.44. The highest BCUT2D eigenvalue weighted by molar-refractivity contribution is 5.94. The Kier molecular flexibility index (Phi) is 8.48. The standard InChI is InChI=1S/C30H39NO6/c1-28(2,3)36-25(32)17-30(7)23-16-12-11-15-22(23)18-31(27(30)34)24(21-13-9-8-10-14-21)19-35-20-26(33)37-29(4,5)6/h8-16,24H,17-20H2,1-7H3/t24-,30+/m0/s1. The predicted octanol–water partition coefficient (Wildman–Crippen LogP) is 5.12. The summed E-state index contributed by atoms with van der Waals surface area (Å²) in [5.41, 5.74) is 0.265. The Morgan fingerprint density at radius 2 is 1.46 bits per heavy atom. The van der Waals surface area contributed by atoms with Gasteiger partial charge in [-0.25, -0.2) is 4.79 Å². The first-order chi connectivity index (χ1) is 17.2. The molecule has 7 nitrogen and oxygen atoms in total. The average molecular weight is 510 g/mol. The molecule has 0 saturated carbocycles. The minimum Gasteiger partial charge on any atom is -0.460 e. The lowest BCUT2D eigenvalue weighted by atomic mass is 9.73. The van der Waals surface area contributed by atoms with Crippen LogP contribution in [0.4, 0.5) is 0 Å². The van der Waals surface area contributed by atoms with E-state index in [4.69, 9.17) is 14.2 Å². The number of carbonyl (C=O) groups is 3. The van der Waals surface area contributed by atoms with Crippen molar-refractivity contribution < 1.29 is 28.6 Å². The number of ether oxygens (including phenoxy) is 3. The van der Waals surface area contributed by atoms with Gasteiger partial charge in [-0.05, 0) is 65.2 Å². The molecule has 2 aromatic rings. The van der Waals surface area contributed by atoms with Crippen LogP contribution in [-0.4, -0.2) is 47.2 Å².